The van der Waals surface area contributed by atoms with Crippen LogP contribution in [0.5, 0.6) is 0 Å². The van der Waals surface area contributed by atoms with E-state index in [4.69, 9.17) is 58.0 Å². The molecule has 19 heavy (non-hydrogen) atoms. The maximum atomic E-state index is 6.20. The van der Waals surface area contributed by atoms with Crippen LogP contribution in [0, 0.1) is 0 Å². The summed E-state index contributed by atoms with van der Waals surface area (Å²) in [5.74, 6) is -0.455. The summed E-state index contributed by atoms with van der Waals surface area (Å²) in [6, 6.07) is 14.5. The van der Waals surface area contributed by atoms with Crippen molar-refractivity contribution in [3.8, 4) is 0 Å². The van der Waals surface area contributed by atoms with E-state index in [-0.39, 0.29) is 0 Å². The third-order valence-corrected chi connectivity index (χ3v) is 4.00. The topological polar surface area (TPSA) is 0 Å². The highest BCUT2D eigenvalue weighted by molar-refractivity contribution is 6.68. The molecule has 0 nitrogen and oxygen atoms in total. The zero-order chi connectivity index (χ0) is 14.0. The monoisotopic (exact) mass is 352 g/mol. The van der Waals surface area contributed by atoms with Crippen molar-refractivity contribution >= 4 is 58.0 Å². The zero-order valence-corrected chi connectivity index (χ0v) is 13.4. The lowest BCUT2D eigenvalue weighted by atomic mass is 9.92. The van der Waals surface area contributed by atoms with Gasteiger partial charge in [0, 0.05) is 10.0 Å². The average molecular weight is 354 g/mol. The summed E-state index contributed by atoms with van der Waals surface area (Å²) in [7, 11) is 0. The number of halogens is 5. The molecule has 2 rings (SSSR count). The van der Waals surface area contributed by atoms with Crippen LogP contribution in [0.4, 0.5) is 0 Å². The molecular weight excluding hydrogens is 345 g/mol. The van der Waals surface area contributed by atoms with Crippen LogP contribution >= 0.6 is 58.0 Å². The second-order valence-electron chi connectivity index (χ2n) is 4.05. The lowest BCUT2D eigenvalue weighted by Gasteiger charge is -2.26. The van der Waals surface area contributed by atoms with Crippen LogP contribution in [0.25, 0.3) is 0 Å². The molecule has 0 heterocycles. The van der Waals surface area contributed by atoms with Crippen molar-refractivity contribution in [3.63, 3.8) is 0 Å². The molecule has 0 radical (unpaired) electrons. The van der Waals surface area contributed by atoms with Crippen LogP contribution in [0.3, 0.4) is 0 Å². The van der Waals surface area contributed by atoms with Crippen LogP contribution in [0.15, 0.2) is 48.5 Å². The van der Waals surface area contributed by atoms with Gasteiger partial charge in [-0.3, -0.25) is 0 Å². The van der Waals surface area contributed by atoms with Gasteiger partial charge in [-0.1, -0.05) is 88.3 Å². The molecular formula is C14H9Cl5. The first-order valence-corrected chi connectivity index (χ1v) is 7.35. The van der Waals surface area contributed by atoms with Crippen molar-refractivity contribution in [2.45, 2.75) is 9.71 Å². The van der Waals surface area contributed by atoms with Gasteiger partial charge in [-0.15, -0.1) is 0 Å². The highest BCUT2D eigenvalue weighted by Crippen LogP contribution is 2.47. The number of hydrogen-bond acceptors (Lipinski definition) is 0. The van der Waals surface area contributed by atoms with E-state index >= 15 is 0 Å². The summed E-state index contributed by atoms with van der Waals surface area (Å²) in [5, 5.41) is 1.19. The van der Waals surface area contributed by atoms with E-state index in [0.29, 0.717) is 10.0 Å². The predicted octanol–water partition coefficient (Wildman–Crippen LogP) is 6.50. The second-order valence-corrected chi connectivity index (χ2v) is 7.26. The molecule has 0 spiro atoms. The van der Waals surface area contributed by atoms with Crippen LogP contribution in [0.1, 0.15) is 17.0 Å². The molecule has 0 amide bonds. The van der Waals surface area contributed by atoms with Crippen LogP contribution in [0.2, 0.25) is 10.0 Å². The number of benzene rings is 2. The number of hydrogen-bond donors (Lipinski definition) is 0. The summed E-state index contributed by atoms with van der Waals surface area (Å²) in [6.07, 6.45) is 0. The summed E-state index contributed by atoms with van der Waals surface area (Å²) in [6.45, 7) is 0. The van der Waals surface area contributed by atoms with Gasteiger partial charge in [0.05, 0.1) is 5.92 Å². The highest BCUT2D eigenvalue weighted by atomic mass is 35.6. The van der Waals surface area contributed by atoms with Crippen molar-refractivity contribution in [2.75, 3.05) is 0 Å². The van der Waals surface area contributed by atoms with Gasteiger partial charge in [-0.05, 0) is 29.3 Å². The molecule has 0 fully saturated rings. The Morgan fingerprint density at radius 2 is 1.37 bits per heavy atom. The quantitative estimate of drug-likeness (QED) is 0.540. The minimum atomic E-state index is -1.50. The van der Waals surface area contributed by atoms with Gasteiger partial charge in [0.25, 0.3) is 0 Å². The highest BCUT2D eigenvalue weighted by Gasteiger charge is 2.36. The van der Waals surface area contributed by atoms with E-state index < -0.39 is 9.71 Å². The first-order chi connectivity index (χ1) is 8.89. The maximum absolute atomic E-state index is 6.20. The molecule has 0 aromatic heterocycles. The molecule has 5 heteroatoms. The number of rotatable bonds is 2. The summed E-state index contributed by atoms with van der Waals surface area (Å²) in [4.78, 5) is 0. The van der Waals surface area contributed by atoms with Crippen molar-refractivity contribution in [1.29, 1.82) is 0 Å². The summed E-state index contributed by atoms with van der Waals surface area (Å²) >= 11 is 30.4. The van der Waals surface area contributed by atoms with Gasteiger partial charge < -0.3 is 0 Å². The first kappa shape index (κ1) is 15.3. The molecule has 0 saturated heterocycles. The minimum absolute atomic E-state index is 0.455. The third-order valence-electron chi connectivity index (χ3n) is 2.75. The standard InChI is InChI=1S/C14H9Cl5/c15-10-7-5-9(6-8-10)13(14(17,18)19)11-3-1-2-4-12(11)16/h1-8,13H/t13-/m1/s1. The Kier molecular flexibility index (Phi) is 4.92. The zero-order valence-electron chi connectivity index (χ0n) is 9.59. The van der Waals surface area contributed by atoms with E-state index in [0.717, 1.165) is 11.1 Å². The predicted molar refractivity (Wildman–Crippen MR) is 85.0 cm³/mol. The largest absolute Gasteiger partial charge is 0.201 e. The SMILES string of the molecule is Clc1ccc([C@H](c2ccccc2Cl)C(Cl)(Cl)Cl)cc1. The van der Waals surface area contributed by atoms with Crippen molar-refractivity contribution < 1.29 is 0 Å². The number of alkyl halides is 3. The average Bonchev–Trinajstić information content (AvgIpc) is 2.33. The summed E-state index contributed by atoms with van der Waals surface area (Å²) in [5.41, 5.74) is 1.61. The normalized spacial score (nSPS) is 13.3. The maximum Gasteiger partial charge on any atom is 0.201 e. The van der Waals surface area contributed by atoms with Gasteiger partial charge in [-0.2, -0.15) is 0 Å². The second kappa shape index (κ2) is 6.11. The Hall–Kier alpha value is -0.110. The molecule has 2 aromatic carbocycles. The Morgan fingerprint density at radius 3 is 1.89 bits per heavy atom. The van der Waals surface area contributed by atoms with Crippen LogP contribution in [-0.4, -0.2) is 3.79 Å². The van der Waals surface area contributed by atoms with Gasteiger partial charge in [-0.25, -0.2) is 0 Å². The first-order valence-electron chi connectivity index (χ1n) is 5.46. The van der Waals surface area contributed by atoms with E-state index in [1.807, 2.05) is 30.3 Å². The molecule has 0 unspecified atom stereocenters. The fourth-order valence-corrected chi connectivity index (χ4v) is 3.01. The molecule has 0 saturated carbocycles. The molecule has 0 aliphatic carbocycles. The fourth-order valence-electron chi connectivity index (χ4n) is 1.91. The molecule has 2 aromatic rings. The Labute approximate surface area is 137 Å². The van der Waals surface area contributed by atoms with Gasteiger partial charge in [0.1, 0.15) is 0 Å². The van der Waals surface area contributed by atoms with Crippen molar-refractivity contribution in [3.05, 3.63) is 69.7 Å². The molecule has 1 atom stereocenters. The fraction of sp³-hybridized carbons (Fsp3) is 0.143. The molecule has 0 aliphatic heterocycles. The lowest BCUT2D eigenvalue weighted by Crippen LogP contribution is -2.18. The van der Waals surface area contributed by atoms with Gasteiger partial charge >= 0.3 is 0 Å². The van der Waals surface area contributed by atoms with E-state index in [1.165, 1.54) is 0 Å². The van der Waals surface area contributed by atoms with Crippen molar-refractivity contribution in [2.24, 2.45) is 0 Å². The van der Waals surface area contributed by atoms with Crippen LogP contribution < -0.4 is 0 Å². The van der Waals surface area contributed by atoms with Crippen molar-refractivity contribution in [1.82, 2.24) is 0 Å². The Balaban J connectivity index is 2.55. The smallest absolute Gasteiger partial charge is 0.0843 e. The van der Waals surface area contributed by atoms with E-state index in [2.05, 4.69) is 0 Å². The molecule has 0 bridgehead atoms. The molecule has 0 N–H and O–H groups in total. The van der Waals surface area contributed by atoms with Gasteiger partial charge in [0.2, 0.25) is 3.79 Å². The summed E-state index contributed by atoms with van der Waals surface area (Å²) < 4.78 is -1.50. The Bertz CT molecular complexity index is 557. The minimum Gasteiger partial charge on any atom is -0.0843 e. The van der Waals surface area contributed by atoms with E-state index in [1.54, 1.807) is 18.2 Å². The van der Waals surface area contributed by atoms with Gasteiger partial charge in [0.15, 0.2) is 0 Å². The lowest BCUT2D eigenvalue weighted by molar-refractivity contribution is 0.839. The van der Waals surface area contributed by atoms with E-state index in [9.17, 15) is 0 Å². The molecule has 0 aliphatic rings. The Morgan fingerprint density at radius 1 is 0.789 bits per heavy atom. The molecule has 100 valence electrons. The third kappa shape index (κ3) is 3.71. The van der Waals surface area contributed by atoms with Crippen LogP contribution in [-0.2, 0) is 0 Å².